The van der Waals surface area contributed by atoms with E-state index in [4.69, 9.17) is 14.2 Å². The lowest BCUT2D eigenvalue weighted by molar-refractivity contribution is -0.140. The molecule has 0 aliphatic heterocycles. The Hall–Kier alpha value is -1.66. The van der Waals surface area contributed by atoms with Crippen molar-refractivity contribution in [2.75, 3.05) is 31.7 Å². The maximum absolute atomic E-state index is 12.8. The molecule has 1 aromatic heterocycles. The third-order valence-electron chi connectivity index (χ3n) is 4.10. The smallest absolute Gasteiger partial charge is 0.256 e. The lowest BCUT2D eigenvalue weighted by Gasteiger charge is -2.29. The van der Waals surface area contributed by atoms with Crippen molar-refractivity contribution in [3.05, 3.63) is 17.8 Å². The molecule has 26 heavy (non-hydrogen) atoms. The second-order valence-corrected chi connectivity index (χ2v) is 6.46. The number of aryl methyl sites for hydroxylation is 1. The van der Waals surface area contributed by atoms with Crippen molar-refractivity contribution in [2.45, 2.75) is 65.9 Å². The van der Waals surface area contributed by atoms with Gasteiger partial charge in [-0.25, -0.2) is 4.98 Å². The summed E-state index contributed by atoms with van der Waals surface area (Å²) >= 11 is 0. The number of rotatable bonds is 13. The van der Waals surface area contributed by atoms with Gasteiger partial charge in [-0.2, -0.15) is 0 Å². The summed E-state index contributed by atoms with van der Waals surface area (Å²) in [4.78, 5) is 17.2. The molecule has 0 saturated heterocycles. The fourth-order valence-corrected chi connectivity index (χ4v) is 2.45. The Morgan fingerprint density at radius 2 is 1.92 bits per heavy atom. The zero-order chi connectivity index (χ0) is 19.4. The van der Waals surface area contributed by atoms with E-state index < -0.39 is 5.60 Å². The molecule has 6 nitrogen and oxygen atoms in total. The molecular weight excluding hydrogens is 332 g/mol. The number of ether oxygens (including phenoxy) is 3. The number of amides is 1. The summed E-state index contributed by atoms with van der Waals surface area (Å²) in [6.45, 7) is 12.0. The van der Waals surface area contributed by atoms with Crippen LogP contribution in [0.4, 0.5) is 5.69 Å². The first-order valence-electron chi connectivity index (χ1n) is 9.60. The number of hydrogen-bond donors (Lipinski definition) is 1. The lowest BCUT2D eigenvalue weighted by atomic mass is 9.97. The molecular formula is C20H34N2O4. The van der Waals surface area contributed by atoms with Crippen LogP contribution >= 0.6 is 0 Å². The Labute approximate surface area is 157 Å². The SMILES string of the molecule is CCCC[C@](C)(OCCC)C(=O)Nc1ccc(OCCOCC)nc1C. The predicted molar refractivity (Wildman–Crippen MR) is 104 cm³/mol. The molecule has 1 N–H and O–H groups in total. The Balaban J connectivity index is 2.73. The number of aromatic nitrogens is 1. The number of unbranched alkanes of at least 4 members (excludes halogenated alkanes) is 1. The highest BCUT2D eigenvalue weighted by molar-refractivity contribution is 5.97. The van der Waals surface area contributed by atoms with Crippen molar-refractivity contribution in [3.63, 3.8) is 0 Å². The number of carbonyl (C=O) groups excluding carboxylic acids is 1. The summed E-state index contributed by atoms with van der Waals surface area (Å²) in [5, 5.41) is 2.97. The molecule has 1 atom stereocenters. The minimum Gasteiger partial charge on any atom is -0.475 e. The third kappa shape index (κ3) is 7.30. The number of pyridine rings is 1. The fourth-order valence-electron chi connectivity index (χ4n) is 2.45. The lowest BCUT2D eigenvalue weighted by Crippen LogP contribution is -2.43. The summed E-state index contributed by atoms with van der Waals surface area (Å²) < 4.78 is 16.7. The van der Waals surface area contributed by atoms with Crippen molar-refractivity contribution >= 4 is 11.6 Å². The number of nitrogens with one attached hydrogen (secondary N) is 1. The van der Waals surface area contributed by atoms with Crippen LogP contribution in [0.1, 0.15) is 59.1 Å². The molecule has 0 saturated carbocycles. The van der Waals surface area contributed by atoms with E-state index >= 15 is 0 Å². The van der Waals surface area contributed by atoms with E-state index in [2.05, 4.69) is 17.2 Å². The largest absolute Gasteiger partial charge is 0.475 e. The molecule has 0 bridgehead atoms. The van der Waals surface area contributed by atoms with E-state index in [1.165, 1.54) is 0 Å². The minimum absolute atomic E-state index is 0.130. The van der Waals surface area contributed by atoms with Crippen molar-refractivity contribution in [1.82, 2.24) is 4.98 Å². The standard InChI is InChI=1S/C20H34N2O4/c1-6-9-12-20(5,26-13-7-2)19(23)22-17-10-11-18(21-16(17)4)25-15-14-24-8-3/h10-11H,6-9,12-15H2,1-5H3,(H,22,23)/t20-/m0/s1. The minimum atomic E-state index is -0.828. The van der Waals surface area contributed by atoms with Crippen LogP contribution in [0.5, 0.6) is 5.88 Å². The molecule has 1 amide bonds. The van der Waals surface area contributed by atoms with Gasteiger partial charge in [0, 0.05) is 19.3 Å². The highest BCUT2D eigenvalue weighted by Crippen LogP contribution is 2.24. The monoisotopic (exact) mass is 366 g/mol. The quantitative estimate of drug-likeness (QED) is 0.532. The maximum atomic E-state index is 12.8. The second-order valence-electron chi connectivity index (χ2n) is 6.46. The summed E-state index contributed by atoms with van der Waals surface area (Å²) in [6, 6.07) is 3.57. The average molecular weight is 367 g/mol. The molecule has 0 spiro atoms. The van der Waals surface area contributed by atoms with Gasteiger partial charge in [-0.15, -0.1) is 0 Å². The van der Waals surface area contributed by atoms with Crippen LogP contribution in [0, 0.1) is 6.92 Å². The second kappa shape index (κ2) is 11.9. The molecule has 1 rings (SSSR count). The topological polar surface area (TPSA) is 69.7 Å². The Bertz CT molecular complexity index is 541. The van der Waals surface area contributed by atoms with Gasteiger partial charge in [-0.1, -0.05) is 26.7 Å². The summed E-state index contributed by atoms with van der Waals surface area (Å²) in [5.74, 6) is 0.394. The van der Waals surface area contributed by atoms with Crippen LogP contribution < -0.4 is 10.1 Å². The highest BCUT2D eigenvalue weighted by Gasteiger charge is 2.33. The summed E-state index contributed by atoms with van der Waals surface area (Å²) in [7, 11) is 0. The molecule has 0 radical (unpaired) electrons. The summed E-state index contributed by atoms with van der Waals surface area (Å²) in [5.41, 5.74) is 0.557. The van der Waals surface area contributed by atoms with Crippen LogP contribution in [0.2, 0.25) is 0 Å². The third-order valence-corrected chi connectivity index (χ3v) is 4.10. The first-order chi connectivity index (χ1) is 12.5. The number of nitrogens with zero attached hydrogens (tertiary/aromatic N) is 1. The average Bonchev–Trinajstić information content (AvgIpc) is 2.63. The van der Waals surface area contributed by atoms with Crippen LogP contribution in [0.15, 0.2) is 12.1 Å². The Morgan fingerprint density at radius 3 is 2.54 bits per heavy atom. The van der Waals surface area contributed by atoms with Gasteiger partial charge in [0.05, 0.1) is 18.0 Å². The fraction of sp³-hybridized carbons (Fsp3) is 0.700. The van der Waals surface area contributed by atoms with Gasteiger partial charge in [0.25, 0.3) is 5.91 Å². The molecule has 1 heterocycles. The van der Waals surface area contributed by atoms with E-state index in [1.54, 1.807) is 6.07 Å². The van der Waals surface area contributed by atoms with E-state index in [-0.39, 0.29) is 5.91 Å². The molecule has 0 aliphatic rings. The van der Waals surface area contributed by atoms with Crippen LogP contribution in [-0.2, 0) is 14.3 Å². The molecule has 1 aromatic rings. The van der Waals surface area contributed by atoms with Crippen molar-refractivity contribution in [3.8, 4) is 5.88 Å². The predicted octanol–water partition coefficient (Wildman–Crippen LogP) is 4.12. The zero-order valence-electron chi connectivity index (χ0n) is 16.9. The molecule has 6 heteroatoms. The van der Waals surface area contributed by atoms with E-state index in [9.17, 15) is 4.79 Å². The number of carbonyl (C=O) groups is 1. The first kappa shape index (κ1) is 22.4. The van der Waals surface area contributed by atoms with Gasteiger partial charge in [0.1, 0.15) is 12.2 Å². The maximum Gasteiger partial charge on any atom is 0.256 e. The first-order valence-corrected chi connectivity index (χ1v) is 9.60. The van der Waals surface area contributed by atoms with Gasteiger partial charge in [-0.05, 0) is 39.7 Å². The number of hydrogen-bond acceptors (Lipinski definition) is 5. The van der Waals surface area contributed by atoms with E-state index in [0.717, 1.165) is 19.3 Å². The molecule has 0 fully saturated rings. The molecule has 0 aromatic carbocycles. The van der Waals surface area contributed by atoms with E-state index in [1.807, 2.05) is 33.8 Å². The Kier molecular flexibility index (Phi) is 10.2. The van der Waals surface area contributed by atoms with Gasteiger partial charge < -0.3 is 19.5 Å². The van der Waals surface area contributed by atoms with Crippen molar-refractivity contribution < 1.29 is 19.0 Å². The molecule has 0 unspecified atom stereocenters. The molecule has 0 aliphatic carbocycles. The van der Waals surface area contributed by atoms with Crippen molar-refractivity contribution in [2.24, 2.45) is 0 Å². The van der Waals surface area contributed by atoms with Gasteiger partial charge in [-0.3, -0.25) is 4.79 Å². The molecule has 148 valence electrons. The van der Waals surface area contributed by atoms with Gasteiger partial charge >= 0.3 is 0 Å². The number of anilines is 1. The van der Waals surface area contributed by atoms with Crippen LogP contribution in [0.25, 0.3) is 0 Å². The highest BCUT2D eigenvalue weighted by atomic mass is 16.5. The zero-order valence-corrected chi connectivity index (χ0v) is 16.9. The van der Waals surface area contributed by atoms with Gasteiger partial charge in [0.15, 0.2) is 0 Å². The van der Waals surface area contributed by atoms with Crippen molar-refractivity contribution in [1.29, 1.82) is 0 Å². The summed E-state index contributed by atoms with van der Waals surface area (Å²) in [6.07, 6.45) is 3.54. The van der Waals surface area contributed by atoms with E-state index in [0.29, 0.717) is 50.1 Å². The van der Waals surface area contributed by atoms with Gasteiger partial charge in [0.2, 0.25) is 5.88 Å². The van der Waals surface area contributed by atoms with Crippen LogP contribution in [0.3, 0.4) is 0 Å². The Morgan fingerprint density at radius 1 is 1.15 bits per heavy atom. The normalized spacial score (nSPS) is 13.3. The van der Waals surface area contributed by atoms with Crippen LogP contribution in [-0.4, -0.2) is 42.9 Å².